The van der Waals surface area contributed by atoms with E-state index in [0.29, 0.717) is 27.0 Å². The highest BCUT2D eigenvalue weighted by molar-refractivity contribution is 8.18. The maximum Gasteiger partial charge on any atom is 0.344 e. The summed E-state index contributed by atoms with van der Waals surface area (Å²) < 4.78 is 15.9. The number of hydrogen-bond acceptors (Lipinski definition) is 7. The summed E-state index contributed by atoms with van der Waals surface area (Å²) in [5.74, 6) is -0.108. The first-order valence-electron chi connectivity index (χ1n) is 9.77. The van der Waals surface area contributed by atoms with Gasteiger partial charge >= 0.3 is 5.97 Å². The Hall–Kier alpha value is -2.97. The van der Waals surface area contributed by atoms with Crippen molar-refractivity contribution in [1.82, 2.24) is 4.90 Å². The van der Waals surface area contributed by atoms with E-state index in [2.05, 4.69) is 0 Å². The summed E-state index contributed by atoms with van der Waals surface area (Å²) in [6, 6.07) is 12.0. The Morgan fingerprint density at radius 2 is 1.84 bits per heavy atom. The van der Waals surface area contributed by atoms with Gasteiger partial charge in [0.1, 0.15) is 0 Å². The van der Waals surface area contributed by atoms with Crippen LogP contribution < -0.4 is 9.47 Å². The molecule has 0 unspecified atom stereocenters. The summed E-state index contributed by atoms with van der Waals surface area (Å²) >= 11 is 6.76. The first kappa shape index (κ1) is 23.7. The van der Waals surface area contributed by atoms with E-state index in [1.807, 2.05) is 0 Å². The number of halogens is 1. The Labute approximate surface area is 195 Å². The molecular formula is C23H22ClNO6S. The lowest BCUT2D eigenvalue weighted by molar-refractivity contribution is -0.149. The van der Waals surface area contributed by atoms with Gasteiger partial charge in [0, 0.05) is 5.02 Å². The zero-order chi connectivity index (χ0) is 23.3. The maximum absolute atomic E-state index is 12.8. The van der Waals surface area contributed by atoms with Crippen LogP contribution in [0.2, 0.25) is 5.02 Å². The molecule has 168 valence electrons. The van der Waals surface area contributed by atoms with Crippen molar-refractivity contribution in [3.8, 4) is 11.5 Å². The monoisotopic (exact) mass is 475 g/mol. The number of nitrogens with zero attached hydrogens (tertiary/aromatic N) is 1. The molecule has 9 heteroatoms. The Kier molecular flexibility index (Phi) is 7.82. The minimum Gasteiger partial charge on any atom is -0.493 e. The van der Waals surface area contributed by atoms with Gasteiger partial charge in [-0.25, -0.2) is 4.79 Å². The zero-order valence-electron chi connectivity index (χ0n) is 17.8. The summed E-state index contributed by atoms with van der Waals surface area (Å²) in [6.07, 6.45) is 1.39. The van der Waals surface area contributed by atoms with Gasteiger partial charge in [0.25, 0.3) is 11.1 Å². The fraction of sp³-hybridized carbons (Fsp3) is 0.261. The fourth-order valence-electron chi connectivity index (χ4n) is 2.89. The normalized spacial score (nSPS) is 14.9. The lowest BCUT2D eigenvalue weighted by Crippen LogP contribution is -2.27. The molecule has 0 aromatic heterocycles. The topological polar surface area (TPSA) is 82.1 Å². The second-order valence-electron chi connectivity index (χ2n) is 7.13. The lowest BCUT2D eigenvalue weighted by Gasteiger charge is -2.13. The molecule has 7 nitrogen and oxygen atoms in total. The van der Waals surface area contributed by atoms with Crippen LogP contribution in [-0.2, 0) is 20.9 Å². The third kappa shape index (κ3) is 6.05. The summed E-state index contributed by atoms with van der Waals surface area (Å²) in [6.45, 7) is 3.42. The van der Waals surface area contributed by atoms with E-state index in [1.165, 1.54) is 12.0 Å². The number of amides is 2. The summed E-state index contributed by atoms with van der Waals surface area (Å²) in [5.41, 5.74) is 1.45. The van der Waals surface area contributed by atoms with Crippen LogP contribution in [0, 0.1) is 0 Å². The van der Waals surface area contributed by atoms with Gasteiger partial charge in [-0.15, -0.1) is 0 Å². The fourth-order valence-corrected chi connectivity index (χ4v) is 3.85. The molecule has 0 bridgehead atoms. The van der Waals surface area contributed by atoms with Gasteiger partial charge in [0.2, 0.25) is 0 Å². The summed E-state index contributed by atoms with van der Waals surface area (Å²) in [4.78, 5) is 38.3. The molecule has 1 aliphatic heterocycles. The van der Waals surface area contributed by atoms with E-state index in [0.717, 1.165) is 17.3 Å². The molecule has 0 spiro atoms. The van der Waals surface area contributed by atoms with E-state index in [-0.39, 0.29) is 30.4 Å². The minimum absolute atomic E-state index is 0.168. The number of esters is 1. The molecule has 0 N–H and O–H groups in total. The number of imide groups is 1. The van der Waals surface area contributed by atoms with Crippen LogP contribution in [0.5, 0.6) is 11.5 Å². The molecule has 0 saturated carbocycles. The average Bonchev–Trinajstić information content (AvgIpc) is 3.01. The molecule has 1 aliphatic rings. The number of ether oxygens (including phenoxy) is 3. The molecule has 0 atom stereocenters. The standard InChI is InChI=1S/C23H22ClNO6S/c1-14(2)31-21(26)13-30-18-9-6-16(10-19(18)29-3)11-20-22(27)25(23(28)32-20)12-15-4-7-17(24)8-5-15/h4-11,14H,12-13H2,1-3H3/b20-11-. The number of carbonyl (C=O) groups excluding carboxylic acids is 3. The lowest BCUT2D eigenvalue weighted by atomic mass is 10.1. The molecule has 1 saturated heterocycles. The van der Waals surface area contributed by atoms with Crippen molar-refractivity contribution >= 4 is 46.6 Å². The van der Waals surface area contributed by atoms with E-state index in [9.17, 15) is 14.4 Å². The maximum atomic E-state index is 12.8. The van der Waals surface area contributed by atoms with Crippen LogP contribution in [0.25, 0.3) is 6.08 Å². The highest BCUT2D eigenvalue weighted by Crippen LogP contribution is 2.35. The van der Waals surface area contributed by atoms with Crippen LogP contribution in [0.3, 0.4) is 0 Å². The van der Waals surface area contributed by atoms with Crippen molar-refractivity contribution in [1.29, 1.82) is 0 Å². The van der Waals surface area contributed by atoms with E-state index in [4.69, 9.17) is 25.8 Å². The molecule has 2 aromatic rings. The van der Waals surface area contributed by atoms with Gasteiger partial charge in [-0.05, 0) is 67.1 Å². The van der Waals surface area contributed by atoms with Crippen molar-refractivity contribution in [2.75, 3.05) is 13.7 Å². The van der Waals surface area contributed by atoms with Gasteiger partial charge in [-0.2, -0.15) is 0 Å². The largest absolute Gasteiger partial charge is 0.493 e. The van der Waals surface area contributed by atoms with Crippen molar-refractivity contribution in [3.05, 3.63) is 63.5 Å². The second kappa shape index (κ2) is 10.6. The van der Waals surface area contributed by atoms with Crippen LogP contribution in [-0.4, -0.2) is 41.8 Å². The Bertz CT molecular complexity index is 1050. The van der Waals surface area contributed by atoms with Crippen LogP contribution in [0.4, 0.5) is 4.79 Å². The molecule has 2 amide bonds. The van der Waals surface area contributed by atoms with Crippen LogP contribution in [0.1, 0.15) is 25.0 Å². The number of thioether (sulfide) groups is 1. The zero-order valence-corrected chi connectivity index (χ0v) is 19.4. The van der Waals surface area contributed by atoms with Gasteiger partial charge in [-0.1, -0.05) is 29.8 Å². The summed E-state index contributed by atoms with van der Waals surface area (Å²) in [5, 5.41) is 0.243. The van der Waals surface area contributed by atoms with Crippen molar-refractivity contribution in [3.63, 3.8) is 0 Å². The first-order chi connectivity index (χ1) is 15.3. The number of carbonyl (C=O) groups is 3. The van der Waals surface area contributed by atoms with Gasteiger partial charge in [-0.3, -0.25) is 14.5 Å². The minimum atomic E-state index is -0.486. The molecule has 0 aliphatic carbocycles. The molecule has 2 aromatic carbocycles. The molecule has 3 rings (SSSR count). The van der Waals surface area contributed by atoms with Crippen molar-refractivity contribution in [2.24, 2.45) is 0 Å². The molecule has 1 fully saturated rings. The SMILES string of the molecule is COc1cc(/C=C2\SC(=O)N(Cc3ccc(Cl)cc3)C2=O)ccc1OCC(=O)OC(C)C. The Morgan fingerprint density at radius 1 is 1.12 bits per heavy atom. The molecule has 1 heterocycles. The van der Waals surface area contributed by atoms with Gasteiger partial charge in [0.05, 0.1) is 24.7 Å². The van der Waals surface area contributed by atoms with Crippen LogP contribution >= 0.6 is 23.4 Å². The van der Waals surface area contributed by atoms with E-state index < -0.39 is 5.97 Å². The Balaban J connectivity index is 1.71. The molecule has 32 heavy (non-hydrogen) atoms. The van der Waals surface area contributed by atoms with Crippen molar-refractivity contribution < 1.29 is 28.6 Å². The third-order valence-corrected chi connectivity index (χ3v) is 5.49. The smallest absolute Gasteiger partial charge is 0.344 e. The van der Waals surface area contributed by atoms with Crippen molar-refractivity contribution in [2.45, 2.75) is 26.5 Å². The van der Waals surface area contributed by atoms with Gasteiger partial charge in [0.15, 0.2) is 18.1 Å². The summed E-state index contributed by atoms with van der Waals surface area (Å²) in [7, 11) is 1.47. The number of methoxy groups -OCH3 is 1. The van der Waals surface area contributed by atoms with Crippen LogP contribution in [0.15, 0.2) is 47.4 Å². The predicted molar refractivity (Wildman–Crippen MR) is 123 cm³/mol. The highest BCUT2D eigenvalue weighted by atomic mass is 35.5. The number of benzene rings is 2. The molecular weight excluding hydrogens is 454 g/mol. The number of rotatable bonds is 8. The Morgan fingerprint density at radius 3 is 2.50 bits per heavy atom. The first-order valence-corrected chi connectivity index (χ1v) is 11.0. The molecule has 0 radical (unpaired) electrons. The highest BCUT2D eigenvalue weighted by Gasteiger charge is 2.35. The average molecular weight is 476 g/mol. The number of hydrogen-bond donors (Lipinski definition) is 0. The van der Waals surface area contributed by atoms with Gasteiger partial charge < -0.3 is 14.2 Å². The van der Waals surface area contributed by atoms with E-state index >= 15 is 0 Å². The third-order valence-electron chi connectivity index (χ3n) is 4.33. The predicted octanol–water partition coefficient (Wildman–Crippen LogP) is 4.92. The van der Waals surface area contributed by atoms with E-state index in [1.54, 1.807) is 62.4 Å². The quantitative estimate of drug-likeness (QED) is 0.396. The second-order valence-corrected chi connectivity index (χ2v) is 8.56.